The highest BCUT2D eigenvalue weighted by Crippen LogP contribution is 2.41. The van der Waals surface area contributed by atoms with Crippen molar-refractivity contribution in [1.82, 2.24) is 9.97 Å². The SMILES string of the molecule is COc1cc(-c2cc(-c3ccc(O)cc3)nc(-c3ccccc3)n2)cc(OC)c1OC. The lowest BCUT2D eigenvalue weighted by atomic mass is 10.1. The van der Waals surface area contributed by atoms with E-state index in [0.717, 1.165) is 22.4 Å². The summed E-state index contributed by atoms with van der Waals surface area (Å²) in [5.74, 6) is 2.40. The highest BCUT2D eigenvalue weighted by atomic mass is 16.5. The zero-order valence-corrected chi connectivity index (χ0v) is 17.5. The maximum atomic E-state index is 9.66. The fourth-order valence-corrected chi connectivity index (χ4v) is 3.32. The molecule has 4 aromatic rings. The molecular formula is C25H22N2O4. The number of phenols is 1. The minimum Gasteiger partial charge on any atom is -0.508 e. The van der Waals surface area contributed by atoms with Crippen LogP contribution in [-0.2, 0) is 0 Å². The highest BCUT2D eigenvalue weighted by Gasteiger charge is 2.17. The number of aromatic hydroxyl groups is 1. The lowest BCUT2D eigenvalue weighted by Gasteiger charge is -2.15. The standard InChI is InChI=1S/C25H22N2O4/c1-29-22-13-18(14-23(30-2)24(22)31-3)21-15-20(16-9-11-19(28)12-10-16)26-25(27-21)17-7-5-4-6-8-17/h4-15,28H,1-3H3. The molecule has 0 fully saturated rings. The van der Waals surface area contributed by atoms with Crippen LogP contribution in [0.5, 0.6) is 23.0 Å². The van der Waals surface area contributed by atoms with Gasteiger partial charge in [-0.2, -0.15) is 0 Å². The molecule has 6 nitrogen and oxygen atoms in total. The molecule has 0 amide bonds. The van der Waals surface area contributed by atoms with Crippen molar-refractivity contribution < 1.29 is 19.3 Å². The Hall–Kier alpha value is -4.06. The molecule has 0 atom stereocenters. The largest absolute Gasteiger partial charge is 0.508 e. The van der Waals surface area contributed by atoms with E-state index in [4.69, 9.17) is 24.2 Å². The predicted octanol–water partition coefficient (Wildman–Crippen LogP) is 5.21. The molecule has 0 aliphatic heterocycles. The number of ether oxygens (including phenoxy) is 3. The van der Waals surface area contributed by atoms with Crippen molar-refractivity contribution in [2.24, 2.45) is 0 Å². The zero-order chi connectivity index (χ0) is 21.8. The van der Waals surface area contributed by atoms with Crippen molar-refractivity contribution in [2.75, 3.05) is 21.3 Å². The van der Waals surface area contributed by atoms with Gasteiger partial charge in [0.25, 0.3) is 0 Å². The number of methoxy groups -OCH3 is 3. The molecular weight excluding hydrogens is 392 g/mol. The molecule has 1 aromatic heterocycles. The number of phenolic OH excluding ortho intramolecular Hbond substituents is 1. The van der Waals surface area contributed by atoms with Gasteiger partial charge in [-0.25, -0.2) is 9.97 Å². The molecule has 0 aliphatic carbocycles. The second kappa shape index (κ2) is 8.75. The van der Waals surface area contributed by atoms with Gasteiger partial charge < -0.3 is 19.3 Å². The number of benzene rings is 3. The Morgan fingerprint density at radius 3 is 1.74 bits per heavy atom. The van der Waals surface area contributed by atoms with E-state index in [1.165, 1.54) is 0 Å². The molecule has 4 rings (SSSR count). The maximum absolute atomic E-state index is 9.66. The molecule has 0 saturated heterocycles. The normalized spacial score (nSPS) is 10.5. The van der Waals surface area contributed by atoms with Crippen LogP contribution in [0.15, 0.2) is 72.8 Å². The van der Waals surface area contributed by atoms with Gasteiger partial charge in [0.15, 0.2) is 17.3 Å². The quantitative estimate of drug-likeness (QED) is 0.467. The number of aromatic nitrogens is 2. The second-order valence-electron chi connectivity index (χ2n) is 6.79. The Bertz CT molecular complexity index is 1170. The van der Waals surface area contributed by atoms with Gasteiger partial charge in [-0.15, -0.1) is 0 Å². The molecule has 0 radical (unpaired) electrons. The zero-order valence-electron chi connectivity index (χ0n) is 17.5. The van der Waals surface area contributed by atoms with Crippen molar-refractivity contribution in [2.45, 2.75) is 0 Å². The van der Waals surface area contributed by atoms with Crippen molar-refractivity contribution in [3.63, 3.8) is 0 Å². The summed E-state index contributed by atoms with van der Waals surface area (Å²) in [6.45, 7) is 0. The smallest absolute Gasteiger partial charge is 0.203 e. The average molecular weight is 414 g/mol. The van der Waals surface area contributed by atoms with E-state index >= 15 is 0 Å². The van der Waals surface area contributed by atoms with Gasteiger partial charge in [-0.1, -0.05) is 30.3 Å². The molecule has 1 N–H and O–H groups in total. The molecule has 0 spiro atoms. The van der Waals surface area contributed by atoms with E-state index in [1.54, 1.807) is 33.5 Å². The Balaban J connectivity index is 1.93. The topological polar surface area (TPSA) is 73.7 Å². The summed E-state index contributed by atoms with van der Waals surface area (Å²) in [5, 5.41) is 9.66. The molecule has 0 aliphatic rings. The van der Waals surface area contributed by atoms with Crippen LogP contribution in [0.3, 0.4) is 0 Å². The van der Waals surface area contributed by atoms with Crippen molar-refractivity contribution in [1.29, 1.82) is 0 Å². The van der Waals surface area contributed by atoms with Gasteiger partial charge in [0.05, 0.1) is 32.7 Å². The Morgan fingerprint density at radius 1 is 0.613 bits per heavy atom. The van der Waals surface area contributed by atoms with Crippen LogP contribution in [0.4, 0.5) is 0 Å². The molecule has 1 heterocycles. The van der Waals surface area contributed by atoms with Gasteiger partial charge in [-0.05, 0) is 42.5 Å². The second-order valence-corrected chi connectivity index (χ2v) is 6.79. The van der Waals surface area contributed by atoms with Crippen LogP contribution < -0.4 is 14.2 Å². The van der Waals surface area contributed by atoms with Gasteiger partial charge in [0, 0.05) is 16.7 Å². The Labute approximate surface area is 180 Å². The number of hydrogen-bond acceptors (Lipinski definition) is 6. The third-order valence-electron chi connectivity index (χ3n) is 4.88. The van der Waals surface area contributed by atoms with Gasteiger partial charge in [0.2, 0.25) is 5.75 Å². The molecule has 6 heteroatoms. The van der Waals surface area contributed by atoms with E-state index < -0.39 is 0 Å². The highest BCUT2D eigenvalue weighted by molar-refractivity contribution is 5.75. The van der Waals surface area contributed by atoms with Crippen LogP contribution in [-0.4, -0.2) is 36.4 Å². The van der Waals surface area contributed by atoms with E-state index in [1.807, 2.05) is 60.7 Å². The van der Waals surface area contributed by atoms with Gasteiger partial charge in [-0.3, -0.25) is 0 Å². The van der Waals surface area contributed by atoms with Crippen LogP contribution in [0.25, 0.3) is 33.9 Å². The van der Waals surface area contributed by atoms with Gasteiger partial charge in [0.1, 0.15) is 5.75 Å². The first kappa shape index (κ1) is 20.2. The van der Waals surface area contributed by atoms with E-state index in [0.29, 0.717) is 28.8 Å². The summed E-state index contributed by atoms with van der Waals surface area (Å²) < 4.78 is 16.5. The minimum absolute atomic E-state index is 0.200. The first-order chi connectivity index (χ1) is 15.1. The molecule has 0 unspecified atom stereocenters. The first-order valence-electron chi connectivity index (χ1n) is 9.67. The van der Waals surface area contributed by atoms with E-state index in [2.05, 4.69) is 0 Å². The van der Waals surface area contributed by atoms with E-state index in [-0.39, 0.29) is 5.75 Å². The van der Waals surface area contributed by atoms with Crippen molar-refractivity contribution in [3.8, 4) is 56.9 Å². The van der Waals surface area contributed by atoms with E-state index in [9.17, 15) is 5.11 Å². The average Bonchev–Trinajstić information content (AvgIpc) is 2.83. The molecule has 156 valence electrons. The third kappa shape index (κ3) is 4.14. The summed E-state index contributed by atoms with van der Waals surface area (Å²) in [6.07, 6.45) is 0. The summed E-state index contributed by atoms with van der Waals surface area (Å²) in [4.78, 5) is 9.58. The lowest BCUT2D eigenvalue weighted by molar-refractivity contribution is 0.324. The van der Waals surface area contributed by atoms with Crippen molar-refractivity contribution >= 4 is 0 Å². The monoisotopic (exact) mass is 414 g/mol. The summed E-state index contributed by atoms with van der Waals surface area (Å²) >= 11 is 0. The molecule has 3 aromatic carbocycles. The van der Waals surface area contributed by atoms with Crippen LogP contribution in [0.2, 0.25) is 0 Å². The van der Waals surface area contributed by atoms with Gasteiger partial charge >= 0.3 is 0 Å². The predicted molar refractivity (Wildman–Crippen MR) is 120 cm³/mol. The molecule has 31 heavy (non-hydrogen) atoms. The van der Waals surface area contributed by atoms with Crippen LogP contribution >= 0.6 is 0 Å². The summed E-state index contributed by atoms with van der Waals surface area (Å²) in [7, 11) is 4.73. The fraction of sp³-hybridized carbons (Fsp3) is 0.120. The maximum Gasteiger partial charge on any atom is 0.203 e. The molecule has 0 bridgehead atoms. The number of hydrogen-bond donors (Lipinski definition) is 1. The van der Waals surface area contributed by atoms with Crippen LogP contribution in [0, 0.1) is 0 Å². The third-order valence-corrected chi connectivity index (χ3v) is 4.88. The fourth-order valence-electron chi connectivity index (χ4n) is 3.32. The lowest BCUT2D eigenvalue weighted by Crippen LogP contribution is -1.98. The summed E-state index contributed by atoms with van der Waals surface area (Å²) in [5.41, 5.74) is 4.01. The summed E-state index contributed by atoms with van der Waals surface area (Å²) in [6, 6.07) is 22.3. The minimum atomic E-state index is 0.200. The first-order valence-corrected chi connectivity index (χ1v) is 9.67. The van der Waals surface area contributed by atoms with Crippen LogP contribution in [0.1, 0.15) is 0 Å². The number of nitrogens with zero attached hydrogens (tertiary/aromatic N) is 2. The molecule has 0 saturated carbocycles. The Kier molecular flexibility index (Phi) is 5.71. The number of rotatable bonds is 6. The Morgan fingerprint density at radius 2 is 1.19 bits per heavy atom. The van der Waals surface area contributed by atoms with Crippen molar-refractivity contribution in [3.05, 3.63) is 72.8 Å².